The molecular formula is C39H38Cl4Hf. The maximum absolute atomic E-state index is 8.62. The van der Waals surface area contributed by atoms with Crippen molar-refractivity contribution < 1.29 is 15.7 Å². The monoisotopic (exact) mass is 826 g/mol. The zero-order chi connectivity index (χ0) is 31.7. The van der Waals surface area contributed by atoms with E-state index in [0.29, 0.717) is 10.0 Å². The van der Waals surface area contributed by atoms with Crippen molar-refractivity contribution >= 4 is 43.6 Å². The first-order valence-electron chi connectivity index (χ1n) is 15.2. The normalized spacial score (nSPS) is 15.5. The first-order valence-corrected chi connectivity index (χ1v) is 30.8. The summed E-state index contributed by atoms with van der Waals surface area (Å²) in [7, 11) is 17.2. The van der Waals surface area contributed by atoms with Gasteiger partial charge in [-0.25, -0.2) is 0 Å². The Balaban J connectivity index is 1.82. The van der Waals surface area contributed by atoms with Gasteiger partial charge < -0.3 is 0 Å². The molecular weight excluding hydrogens is 789 g/mol. The fourth-order valence-electron chi connectivity index (χ4n) is 7.05. The van der Waals surface area contributed by atoms with Crippen molar-refractivity contribution in [3.63, 3.8) is 0 Å². The van der Waals surface area contributed by atoms with Crippen molar-refractivity contribution in [2.45, 2.75) is 59.7 Å². The Morgan fingerprint density at radius 2 is 1.02 bits per heavy atom. The molecule has 0 atom stereocenters. The van der Waals surface area contributed by atoms with Crippen LogP contribution in [0.2, 0.25) is 13.7 Å². The summed E-state index contributed by atoms with van der Waals surface area (Å²) in [5, 5.41) is 1.28. The third-order valence-corrected chi connectivity index (χ3v) is 37.9. The number of hydrogen-bond donors (Lipinski definition) is 0. The molecule has 0 fully saturated rings. The van der Waals surface area contributed by atoms with E-state index in [1.54, 1.807) is 0 Å². The van der Waals surface area contributed by atoms with Gasteiger partial charge in [0.1, 0.15) is 0 Å². The molecule has 0 heterocycles. The van der Waals surface area contributed by atoms with Crippen LogP contribution < -0.4 is 0 Å². The Labute approximate surface area is 280 Å². The van der Waals surface area contributed by atoms with E-state index in [4.69, 9.17) is 40.4 Å². The van der Waals surface area contributed by atoms with Gasteiger partial charge in [-0.1, -0.05) is 0 Å². The third-order valence-electron chi connectivity index (χ3n) is 9.34. The van der Waals surface area contributed by atoms with Crippen LogP contribution in [0, 0.1) is 0 Å². The van der Waals surface area contributed by atoms with Crippen molar-refractivity contribution in [2.75, 3.05) is 0 Å². The van der Waals surface area contributed by atoms with E-state index < -0.39 is 15.7 Å². The quantitative estimate of drug-likeness (QED) is 0.180. The van der Waals surface area contributed by atoms with E-state index in [1.165, 1.54) is 33.4 Å². The predicted molar refractivity (Wildman–Crippen MR) is 191 cm³/mol. The maximum atomic E-state index is 8.62. The van der Waals surface area contributed by atoms with Crippen LogP contribution in [0.25, 0.3) is 11.1 Å². The second-order valence-electron chi connectivity index (χ2n) is 14.4. The average molecular weight is 827 g/mol. The molecule has 4 aromatic rings. The van der Waals surface area contributed by atoms with Crippen LogP contribution in [-0.2, 0) is 26.5 Å². The summed E-state index contributed by atoms with van der Waals surface area (Å²) < 4.78 is 0.644. The summed E-state index contributed by atoms with van der Waals surface area (Å²) in [6.07, 6.45) is 8.58. The molecule has 2 aliphatic rings. The van der Waals surface area contributed by atoms with E-state index in [9.17, 15) is 0 Å². The van der Waals surface area contributed by atoms with Gasteiger partial charge in [-0.05, 0) is 0 Å². The molecule has 0 bridgehead atoms. The minimum absolute atomic E-state index is 0.00846. The second-order valence-corrected chi connectivity index (χ2v) is 44.7. The van der Waals surface area contributed by atoms with Crippen LogP contribution in [0.4, 0.5) is 0 Å². The zero-order valence-corrected chi connectivity index (χ0v) is 32.7. The van der Waals surface area contributed by atoms with Gasteiger partial charge in [-0.3, -0.25) is 0 Å². The molecule has 0 aliphatic heterocycles. The molecule has 0 spiro atoms. The predicted octanol–water partition coefficient (Wildman–Crippen LogP) is 12.8. The van der Waals surface area contributed by atoms with Gasteiger partial charge in [0.15, 0.2) is 0 Å². The average Bonchev–Trinajstić information content (AvgIpc) is 3.60. The van der Waals surface area contributed by atoms with Gasteiger partial charge in [0.05, 0.1) is 0 Å². The molecule has 0 unspecified atom stereocenters. The number of rotatable bonds is 4. The van der Waals surface area contributed by atoms with Crippen LogP contribution in [0.15, 0.2) is 109 Å². The van der Waals surface area contributed by atoms with E-state index in [2.05, 4.69) is 114 Å². The molecule has 44 heavy (non-hydrogen) atoms. The van der Waals surface area contributed by atoms with Gasteiger partial charge in [0.2, 0.25) is 0 Å². The minimum atomic E-state index is -5.61. The van der Waals surface area contributed by atoms with Crippen LogP contribution in [0.5, 0.6) is 0 Å². The summed E-state index contributed by atoms with van der Waals surface area (Å²) in [6, 6.07) is 29.8. The molecule has 0 aromatic heterocycles. The SMILES string of the molecule is CC(C)(C)c1ccc2c(c1)-c1cc(C(C)(C)C)ccc1[CH]2[Hf]([Cl])([Cl])(=[C](c1cccc(Cl)c1)c1cccc(Cl)c1)[CH]1C=CC=C1. The standard InChI is InChI=1S/C21H25.C13H8Cl2.C5H5.2ClH.Hf/c1-20(2,3)16-9-7-14-11-15-8-10-17(21(4,5)6)13-19(15)18(14)12-16;14-12-5-1-3-10(8-12)7-11-4-2-6-13(15)9-11;1-2-4-5-3-1;;;/h7-13H,1-6H3;1-6,8-9H;1-5H;2*1H;/q;;;;;+2/p-2. The van der Waals surface area contributed by atoms with Gasteiger partial charge in [-0.15, -0.1) is 0 Å². The molecule has 5 heteroatoms. The van der Waals surface area contributed by atoms with Crippen molar-refractivity contribution in [1.29, 1.82) is 0 Å². The molecule has 0 amide bonds. The van der Waals surface area contributed by atoms with Crippen LogP contribution in [0.3, 0.4) is 0 Å². The summed E-state index contributed by atoms with van der Waals surface area (Å²) >= 11 is 7.74. The third kappa shape index (κ3) is 5.39. The van der Waals surface area contributed by atoms with Crippen LogP contribution >= 0.6 is 40.4 Å². The first kappa shape index (κ1) is 32.2. The Hall–Kier alpha value is -1.74. The van der Waals surface area contributed by atoms with Crippen molar-refractivity contribution in [2.24, 2.45) is 0 Å². The van der Waals surface area contributed by atoms with Gasteiger partial charge in [-0.2, -0.15) is 0 Å². The number of allylic oxidation sites excluding steroid dienone is 4. The Morgan fingerprint density at radius 3 is 1.41 bits per heavy atom. The molecule has 4 aromatic carbocycles. The van der Waals surface area contributed by atoms with E-state index in [1.807, 2.05) is 36.4 Å². The molecule has 0 nitrogen and oxygen atoms in total. The Kier molecular flexibility index (Phi) is 8.20. The summed E-state index contributed by atoms with van der Waals surface area (Å²) in [5.41, 5.74) is 9.33. The van der Waals surface area contributed by atoms with Gasteiger partial charge in [0.25, 0.3) is 0 Å². The van der Waals surface area contributed by atoms with Gasteiger partial charge >= 0.3 is 283 Å². The second kappa shape index (κ2) is 11.2. The molecule has 0 saturated heterocycles. The van der Waals surface area contributed by atoms with Crippen LogP contribution in [-0.4, -0.2) is 3.26 Å². The van der Waals surface area contributed by atoms with E-state index in [0.717, 1.165) is 14.4 Å². The topological polar surface area (TPSA) is 0 Å². The number of hydrogen-bond acceptors (Lipinski definition) is 0. The summed E-state index contributed by atoms with van der Waals surface area (Å²) in [5.74, 6) is 0. The van der Waals surface area contributed by atoms with Gasteiger partial charge in [0, 0.05) is 0 Å². The Morgan fingerprint density at radius 1 is 0.591 bits per heavy atom. The fourth-order valence-corrected chi connectivity index (χ4v) is 35.2. The molecule has 0 N–H and O–H groups in total. The zero-order valence-electron chi connectivity index (χ0n) is 26.1. The summed E-state index contributed by atoms with van der Waals surface area (Å²) in [6.45, 7) is 13.6. The molecule has 2 aliphatic carbocycles. The molecule has 6 rings (SSSR count). The van der Waals surface area contributed by atoms with Crippen molar-refractivity contribution in [3.8, 4) is 11.1 Å². The fraction of sp³-hybridized carbons (Fsp3) is 0.256. The van der Waals surface area contributed by atoms with Crippen molar-refractivity contribution in [1.82, 2.24) is 0 Å². The summed E-state index contributed by atoms with van der Waals surface area (Å²) in [4.78, 5) is 0. The van der Waals surface area contributed by atoms with Crippen molar-refractivity contribution in [3.05, 3.63) is 153 Å². The number of halogens is 4. The molecule has 0 radical (unpaired) electrons. The van der Waals surface area contributed by atoms with E-state index >= 15 is 0 Å². The molecule has 226 valence electrons. The van der Waals surface area contributed by atoms with Crippen LogP contribution in [0.1, 0.15) is 78.6 Å². The number of fused-ring (bicyclic) bond motifs is 3. The Bertz CT molecular complexity index is 1800. The van der Waals surface area contributed by atoms with E-state index in [-0.39, 0.29) is 18.2 Å². The number of benzene rings is 4. The molecule has 0 saturated carbocycles. The first-order chi connectivity index (χ1) is 20.6.